The first-order chi connectivity index (χ1) is 7.94. The summed E-state index contributed by atoms with van der Waals surface area (Å²) in [6.45, 7) is 6.67. The van der Waals surface area contributed by atoms with Crippen molar-refractivity contribution in [3.8, 4) is 17.2 Å². The summed E-state index contributed by atoms with van der Waals surface area (Å²) in [5.74, 6) is 3.77. The van der Waals surface area contributed by atoms with Gasteiger partial charge in [0, 0.05) is 5.56 Å². The molecule has 0 radical (unpaired) electrons. The Hall–Kier alpha value is -1.53. The van der Waals surface area contributed by atoms with Crippen LogP contribution in [0.25, 0.3) is 0 Å². The van der Waals surface area contributed by atoms with Gasteiger partial charge in [-0.3, -0.25) is 4.79 Å². The van der Waals surface area contributed by atoms with Gasteiger partial charge in [0.1, 0.15) is 13.8 Å². The molecule has 1 aliphatic rings. The third-order valence-electron chi connectivity index (χ3n) is 2.46. The van der Waals surface area contributed by atoms with E-state index in [2.05, 4.69) is 31.1 Å². The fourth-order valence-electron chi connectivity index (χ4n) is 1.62. The molecule has 0 fully saturated rings. The summed E-state index contributed by atoms with van der Waals surface area (Å²) in [5, 5.41) is 0. The molecule has 0 saturated carbocycles. The summed E-state index contributed by atoms with van der Waals surface area (Å²) in [6, 6.07) is 5.81. The summed E-state index contributed by atoms with van der Waals surface area (Å²) in [4.78, 5) is 11.1. The lowest BCUT2D eigenvalue weighted by Crippen LogP contribution is -2.16. The summed E-state index contributed by atoms with van der Waals surface area (Å²) in [5.41, 5.74) is 5.44. The van der Waals surface area contributed by atoms with Crippen molar-refractivity contribution in [3.05, 3.63) is 29.3 Å². The second-order valence-electron chi connectivity index (χ2n) is 5.30. The van der Waals surface area contributed by atoms with Crippen LogP contribution in [0, 0.1) is 11.5 Å². The first kappa shape index (κ1) is 11.9. The van der Waals surface area contributed by atoms with Gasteiger partial charge in [-0.2, -0.15) is 0 Å². The van der Waals surface area contributed by atoms with E-state index in [1.165, 1.54) is 0 Å². The number of esters is 1. The average molecular weight is 244 g/mol. The summed E-state index contributed by atoms with van der Waals surface area (Å²) in [6.07, 6.45) is 1.23. The van der Waals surface area contributed by atoms with Gasteiger partial charge in [-0.05, 0) is 30.2 Å². The van der Waals surface area contributed by atoms with E-state index in [4.69, 9.17) is 4.74 Å². The molecule has 2 nitrogen and oxygen atoms in total. The maximum Gasteiger partial charge on any atom is 0.311 e. The number of ether oxygens (including phenoxy) is 1. The van der Waals surface area contributed by atoms with Crippen LogP contribution in [0.1, 0.15) is 17.5 Å². The SMILES string of the molecule is C[Si](C)(C)C#Cc1ccc2c(c1)CCC(=O)O2. The van der Waals surface area contributed by atoms with Gasteiger partial charge in [-0.25, -0.2) is 0 Å². The molecule has 1 aliphatic heterocycles. The fourth-order valence-corrected chi connectivity index (χ4v) is 2.14. The largest absolute Gasteiger partial charge is 0.426 e. The van der Waals surface area contributed by atoms with E-state index < -0.39 is 8.07 Å². The Balaban J connectivity index is 2.28. The van der Waals surface area contributed by atoms with Gasteiger partial charge in [0.2, 0.25) is 0 Å². The molecule has 0 spiro atoms. The minimum absolute atomic E-state index is 0.140. The van der Waals surface area contributed by atoms with Crippen molar-refractivity contribution in [1.82, 2.24) is 0 Å². The van der Waals surface area contributed by atoms with E-state index in [0.29, 0.717) is 12.2 Å². The molecular weight excluding hydrogens is 228 g/mol. The van der Waals surface area contributed by atoms with Crippen molar-refractivity contribution in [2.75, 3.05) is 0 Å². The summed E-state index contributed by atoms with van der Waals surface area (Å²) in [7, 11) is -1.33. The zero-order valence-corrected chi connectivity index (χ0v) is 11.5. The maximum atomic E-state index is 11.1. The highest BCUT2D eigenvalue weighted by atomic mass is 28.3. The monoisotopic (exact) mass is 244 g/mol. The molecule has 88 valence electrons. The molecule has 0 bridgehead atoms. The Morgan fingerprint density at radius 3 is 2.71 bits per heavy atom. The van der Waals surface area contributed by atoms with Crippen molar-refractivity contribution >= 4 is 14.0 Å². The summed E-state index contributed by atoms with van der Waals surface area (Å²) < 4.78 is 5.15. The van der Waals surface area contributed by atoms with Crippen LogP contribution in [0.4, 0.5) is 0 Å². The van der Waals surface area contributed by atoms with Crippen molar-refractivity contribution in [1.29, 1.82) is 0 Å². The molecule has 0 aliphatic carbocycles. The Morgan fingerprint density at radius 2 is 2.00 bits per heavy atom. The highest BCUT2D eigenvalue weighted by molar-refractivity contribution is 6.83. The van der Waals surface area contributed by atoms with Crippen molar-refractivity contribution in [3.63, 3.8) is 0 Å². The predicted octanol–water partition coefficient (Wildman–Crippen LogP) is 2.77. The van der Waals surface area contributed by atoms with Gasteiger partial charge in [0.05, 0.1) is 6.42 Å². The number of rotatable bonds is 0. The Morgan fingerprint density at radius 1 is 1.24 bits per heavy atom. The molecule has 0 unspecified atom stereocenters. The standard InChI is InChI=1S/C14H16O2Si/c1-17(2,3)9-8-11-4-6-13-12(10-11)5-7-14(15)16-13/h4,6,10H,5,7H2,1-3H3. The first-order valence-corrected chi connectivity index (χ1v) is 9.31. The Bertz CT molecular complexity index is 515. The number of carbonyl (C=O) groups excluding carboxylic acids is 1. The van der Waals surface area contributed by atoms with Gasteiger partial charge in [-0.15, -0.1) is 5.54 Å². The lowest BCUT2D eigenvalue weighted by Gasteiger charge is -2.15. The van der Waals surface area contributed by atoms with Crippen LogP contribution in [0.5, 0.6) is 5.75 Å². The van der Waals surface area contributed by atoms with Crippen LogP contribution in [-0.4, -0.2) is 14.0 Å². The second kappa shape index (κ2) is 4.38. The topological polar surface area (TPSA) is 26.3 Å². The van der Waals surface area contributed by atoms with Crippen LogP contribution in [-0.2, 0) is 11.2 Å². The van der Waals surface area contributed by atoms with Gasteiger partial charge in [0.15, 0.2) is 0 Å². The quantitative estimate of drug-likeness (QED) is 0.303. The zero-order valence-electron chi connectivity index (χ0n) is 10.5. The maximum absolute atomic E-state index is 11.1. The molecule has 0 amide bonds. The van der Waals surface area contributed by atoms with Crippen molar-refractivity contribution in [2.24, 2.45) is 0 Å². The first-order valence-electron chi connectivity index (χ1n) is 5.81. The van der Waals surface area contributed by atoms with Crippen LogP contribution >= 0.6 is 0 Å². The number of hydrogen-bond donors (Lipinski definition) is 0. The van der Waals surface area contributed by atoms with E-state index in [-0.39, 0.29) is 5.97 Å². The fraction of sp³-hybridized carbons (Fsp3) is 0.357. The number of carbonyl (C=O) groups is 1. The number of fused-ring (bicyclic) bond motifs is 1. The van der Waals surface area contributed by atoms with E-state index in [1.807, 2.05) is 18.2 Å². The predicted molar refractivity (Wildman–Crippen MR) is 70.6 cm³/mol. The average Bonchev–Trinajstić information content (AvgIpc) is 2.25. The molecule has 1 aromatic carbocycles. The van der Waals surface area contributed by atoms with Crippen molar-refractivity contribution < 1.29 is 9.53 Å². The molecule has 0 N–H and O–H groups in total. The highest BCUT2D eigenvalue weighted by Gasteiger charge is 2.16. The molecule has 17 heavy (non-hydrogen) atoms. The number of hydrogen-bond acceptors (Lipinski definition) is 2. The Labute approximate surface area is 103 Å². The molecule has 1 heterocycles. The lowest BCUT2D eigenvalue weighted by molar-refractivity contribution is -0.135. The summed E-state index contributed by atoms with van der Waals surface area (Å²) >= 11 is 0. The lowest BCUT2D eigenvalue weighted by atomic mass is 10.0. The molecule has 1 aromatic rings. The van der Waals surface area contributed by atoms with Crippen LogP contribution in [0.2, 0.25) is 19.6 Å². The van der Waals surface area contributed by atoms with E-state index in [1.54, 1.807) is 0 Å². The van der Waals surface area contributed by atoms with Gasteiger partial charge >= 0.3 is 5.97 Å². The van der Waals surface area contributed by atoms with E-state index in [9.17, 15) is 4.79 Å². The van der Waals surface area contributed by atoms with Crippen molar-refractivity contribution in [2.45, 2.75) is 32.5 Å². The molecule has 0 aromatic heterocycles. The molecule has 3 heteroatoms. The van der Waals surface area contributed by atoms with Crippen LogP contribution < -0.4 is 4.74 Å². The molecular formula is C14H16O2Si. The van der Waals surface area contributed by atoms with Crippen LogP contribution in [0.3, 0.4) is 0 Å². The molecule has 0 saturated heterocycles. The Kier molecular flexibility index (Phi) is 3.08. The van der Waals surface area contributed by atoms with Gasteiger partial charge in [0.25, 0.3) is 0 Å². The third-order valence-corrected chi connectivity index (χ3v) is 3.34. The number of benzene rings is 1. The third kappa shape index (κ3) is 3.21. The second-order valence-corrected chi connectivity index (χ2v) is 10.0. The normalized spacial score (nSPS) is 14.4. The zero-order chi connectivity index (χ0) is 12.5. The smallest absolute Gasteiger partial charge is 0.311 e. The molecule has 0 atom stereocenters. The van der Waals surface area contributed by atoms with Gasteiger partial charge in [-0.1, -0.05) is 25.6 Å². The number of aryl methyl sites for hydroxylation is 1. The van der Waals surface area contributed by atoms with Crippen LogP contribution in [0.15, 0.2) is 18.2 Å². The minimum Gasteiger partial charge on any atom is -0.426 e. The van der Waals surface area contributed by atoms with Gasteiger partial charge < -0.3 is 4.74 Å². The molecule has 2 rings (SSSR count). The minimum atomic E-state index is -1.33. The highest BCUT2D eigenvalue weighted by Crippen LogP contribution is 2.25. The van der Waals surface area contributed by atoms with E-state index in [0.717, 1.165) is 17.5 Å². The van der Waals surface area contributed by atoms with E-state index >= 15 is 0 Å².